The lowest BCUT2D eigenvalue weighted by Gasteiger charge is -2.35. The molecule has 2 aromatic rings. The van der Waals surface area contributed by atoms with E-state index >= 15 is 0 Å². The molecule has 1 N–H and O–H groups in total. The number of nitrogens with one attached hydrogen (secondary N) is 1. The Kier molecular flexibility index (Phi) is 6.35. The number of hydrogen-bond acceptors (Lipinski definition) is 5. The van der Waals surface area contributed by atoms with E-state index < -0.39 is 0 Å². The number of nitrogens with zero attached hydrogens (tertiary/aromatic N) is 2. The topological polar surface area (TPSA) is 57.5 Å². The van der Waals surface area contributed by atoms with E-state index in [9.17, 15) is 5.26 Å². The summed E-state index contributed by atoms with van der Waals surface area (Å²) in [5, 5.41) is 13.3. The van der Waals surface area contributed by atoms with Crippen LogP contribution in [-0.4, -0.2) is 44.9 Å². The van der Waals surface area contributed by atoms with E-state index in [0.717, 1.165) is 37.7 Å². The van der Waals surface area contributed by atoms with Gasteiger partial charge in [0.15, 0.2) is 0 Å². The molecule has 1 aliphatic rings. The predicted octanol–water partition coefficient (Wildman–Crippen LogP) is 3.71. The van der Waals surface area contributed by atoms with Crippen molar-refractivity contribution in [3.05, 3.63) is 58.6 Å². The van der Waals surface area contributed by atoms with Crippen molar-refractivity contribution in [1.82, 2.24) is 4.90 Å². The van der Waals surface area contributed by atoms with Gasteiger partial charge in [-0.3, -0.25) is 4.90 Å². The zero-order chi connectivity index (χ0) is 18.4. The van der Waals surface area contributed by atoms with Gasteiger partial charge < -0.3 is 14.8 Å². The minimum absolute atomic E-state index is 0.173. The van der Waals surface area contributed by atoms with Gasteiger partial charge in [0.05, 0.1) is 37.6 Å². The molecule has 0 amide bonds. The lowest BCUT2D eigenvalue weighted by molar-refractivity contribution is 0.0187. The van der Waals surface area contributed by atoms with Gasteiger partial charge in [0.1, 0.15) is 11.8 Å². The zero-order valence-corrected chi connectivity index (χ0v) is 15.5. The van der Waals surface area contributed by atoms with Crippen LogP contribution < -0.4 is 10.1 Å². The minimum Gasteiger partial charge on any atom is -0.497 e. The van der Waals surface area contributed by atoms with E-state index in [1.165, 1.54) is 5.56 Å². The number of benzene rings is 2. The monoisotopic (exact) mass is 371 g/mol. The summed E-state index contributed by atoms with van der Waals surface area (Å²) in [5.41, 5.74) is 2.55. The van der Waals surface area contributed by atoms with Crippen molar-refractivity contribution in [3.8, 4) is 11.8 Å². The minimum atomic E-state index is 0.173. The van der Waals surface area contributed by atoms with Crippen LogP contribution in [0.25, 0.3) is 0 Å². The third-order valence-electron chi connectivity index (χ3n) is 4.57. The summed E-state index contributed by atoms with van der Waals surface area (Å²) < 4.78 is 10.8. The summed E-state index contributed by atoms with van der Waals surface area (Å²) >= 11 is 5.99. The first-order valence-electron chi connectivity index (χ1n) is 8.60. The maximum Gasteiger partial charge on any atom is 0.118 e. The van der Waals surface area contributed by atoms with E-state index in [-0.39, 0.29) is 6.04 Å². The van der Waals surface area contributed by atoms with E-state index in [1.807, 2.05) is 18.2 Å². The molecule has 1 aliphatic heterocycles. The Morgan fingerprint density at radius 2 is 1.96 bits per heavy atom. The molecule has 26 heavy (non-hydrogen) atoms. The first-order valence-corrected chi connectivity index (χ1v) is 8.98. The van der Waals surface area contributed by atoms with Crippen LogP contribution in [0.5, 0.6) is 5.75 Å². The molecule has 1 fully saturated rings. The summed E-state index contributed by atoms with van der Waals surface area (Å²) in [7, 11) is 1.67. The van der Waals surface area contributed by atoms with E-state index in [0.29, 0.717) is 17.1 Å². The number of rotatable bonds is 6. The molecule has 0 aliphatic carbocycles. The number of ether oxygens (including phenoxy) is 2. The third kappa shape index (κ3) is 4.47. The standard InChI is InChI=1S/C20H22ClN3O2/c1-25-18-5-2-15(3-6-18)20(24-8-10-26-11-9-24)14-23-19-7-4-17(21)12-16(19)13-22/h2-7,12,20,23H,8-11,14H2,1H3. The van der Waals surface area contributed by atoms with Gasteiger partial charge in [-0.1, -0.05) is 23.7 Å². The van der Waals surface area contributed by atoms with Crippen LogP contribution >= 0.6 is 11.6 Å². The molecule has 1 unspecified atom stereocenters. The van der Waals surface area contributed by atoms with E-state index in [2.05, 4.69) is 28.4 Å². The Morgan fingerprint density at radius 3 is 2.62 bits per heavy atom. The maximum absolute atomic E-state index is 9.34. The van der Waals surface area contributed by atoms with Gasteiger partial charge in [0.2, 0.25) is 0 Å². The van der Waals surface area contributed by atoms with Crippen LogP contribution in [0.15, 0.2) is 42.5 Å². The van der Waals surface area contributed by atoms with Gasteiger partial charge in [0, 0.05) is 24.7 Å². The third-order valence-corrected chi connectivity index (χ3v) is 4.81. The Hall–Kier alpha value is -2.26. The summed E-state index contributed by atoms with van der Waals surface area (Å²) in [4.78, 5) is 2.40. The fourth-order valence-electron chi connectivity index (χ4n) is 3.14. The Bertz CT molecular complexity index is 768. The molecule has 2 aromatic carbocycles. The van der Waals surface area contributed by atoms with Crippen molar-refractivity contribution in [1.29, 1.82) is 5.26 Å². The molecule has 136 valence electrons. The largest absolute Gasteiger partial charge is 0.497 e. The highest BCUT2D eigenvalue weighted by molar-refractivity contribution is 6.30. The highest BCUT2D eigenvalue weighted by atomic mass is 35.5. The molecule has 1 atom stereocenters. The smallest absolute Gasteiger partial charge is 0.118 e. The Balaban J connectivity index is 1.80. The first-order chi connectivity index (χ1) is 12.7. The molecule has 6 heteroatoms. The molecule has 1 saturated heterocycles. The number of anilines is 1. The maximum atomic E-state index is 9.34. The number of morpholine rings is 1. The predicted molar refractivity (Wildman–Crippen MR) is 103 cm³/mol. The second kappa shape index (κ2) is 8.91. The molecule has 3 rings (SSSR count). The fraction of sp³-hybridized carbons (Fsp3) is 0.350. The molecule has 0 spiro atoms. The lowest BCUT2D eigenvalue weighted by atomic mass is 10.0. The van der Waals surface area contributed by atoms with Crippen LogP contribution in [-0.2, 0) is 4.74 Å². The van der Waals surface area contributed by atoms with Crippen molar-refractivity contribution in [2.75, 3.05) is 45.3 Å². The molecule has 1 heterocycles. The van der Waals surface area contributed by atoms with Crippen LogP contribution in [0.2, 0.25) is 5.02 Å². The van der Waals surface area contributed by atoms with Crippen LogP contribution in [0.3, 0.4) is 0 Å². The molecular weight excluding hydrogens is 350 g/mol. The van der Waals surface area contributed by atoms with E-state index in [1.54, 1.807) is 19.2 Å². The molecule has 0 radical (unpaired) electrons. The Morgan fingerprint density at radius 1 is 1.23 bits per heavy atom. The van der Waals surface area contributed by atoms with Gasteiger partial charge in [-0.05, 0) is 35.9 Å². The zero-order valence-electron chi connectivity index (χ0n) is 14.7. The van der Waals surface area contributed by atoms with Crippen molar-refractivity contribution in [2.45, 2.75) is 6.04 Å². The number of methoxy groups -OCH3 is 1. The average molecular weight is 372 g/mol. The van der Waals surface area contributed by atoms with Crippen LogP contribution in [0, 0.1) is 11.3 Å². The van der Waals surface area contributed by atoms with Crippen molar-refractivity contribution in [2.24, 2.45) is 0 Å². The highest BCUT2D eigenvalue weighted by Gasteiger charge is 2.23. The molecular formula is C20H22ClN3O2. The van der Waals surface area contributed by atoms with Crippen LogP contribution in [0.1, 0.15) is 17.2 Å². The van der Waals surface area contributed by atoms with Gasteiger partial charge >= 0.3 is 0 Å². The molecule has 0 saturated carbocycles. The fourth-order valence-corrected chi connectivity index (χ4v) is 3.31. The lowest BCUT2D eigenvalue weighted by Crippen LogP contribution is -2.41. The summed E-state index contributed by atoms with van der Waals surface area (Å²) in [5.74, 6) is 0.840. The Labute approximate surface area is 159 Å². The quantitative estimate of drug-likeness (QED) is 0.838. The van der Waals surface area contributed by atoms with Crippen molar-refractivity contribution in [3.63, 3.8) is 0 Å². The van der Waals surface area contributed by atoms with Crippen molar-refractivity contribution < 1.29 is 9.47 Å². The number of nitriles is 1. The van der Waals surface area contributed by atoms with Gasteiger partial charge in [0.25, 0.3) is 0 Å². The van der Waals surface area contributed by atoms with Gasteiger partial charge in [-0.25, -0.2) is 0 Å². The number of hydrogen-bond donors (Lipinski definition) is 1. The molecule has 0 bridgehead atoms. The number of halogens is 1. The van der Waals surface area contributed by atoms with Gasteiger partial charge in [-0.2, -0.15) is 5.26 Å². The second-order valence-corrected chi connectivity index (χ2v) is 6.56. The molecule has 5 nitrogen and oxygen atoms in total. The van der Waals surface area contributed by atoms with E-state index in [4.69, 9.17) is 21.1 Å². The second-order valence-electron chi connectivity index (χ2n) is 6.12. The first kappa shape index (κ1) is 18.5. The molecule has 0 aromatic heterocycles. The average Bonchev–Trinajstić information content (AvgIpc) is 2.70. The van der Waals surface area contributed by atoms with Crippen LogP contribution in [0.4, 0.5) is 5.69 Å². The highest BCUT2D eigenvalue weighted by Crippen LogP contribution is 2.26. The van der Waals surface area contributed by atoms with Crippen molar-refractivity contribution >= 4 is 17.3 Å². The summed E-state index contributed by atoms with van der Waals surface area (Å²) in [6, 6.07) is 15.8. The summed E-state index contributed by atoms with van der Waals surface area (Å²) in [6.07, 6.45) is 0. The van der Waals surface area contributed by atoms with Gasteiger partial charge in [-0.15, -0.1) is 0 Å². The SMILES string of the molecule is COc1ccc(C(CNc2ccc(Cl)cc2C#N)N2CCOCC2)cc1. The summed E-state index contributed by atoms with van der Waals surface area (Å²) in [6.45, 7) is 3.91. The normalized spacial score (nSPS) is 15.9.